The predicted molar refractivity (Wildman–Crippen MR) is 81.6 cm³/mol. The van der Waals surface area contributed by atoms with Crippen molar-refractivity contribution in [2.45, 2.75) is 18.6 Å². The molecule has 1 aliphatic heterocycles. The average Bonchev–Trinajstić information content (AvgIpc) is 2.76. The number of hydrogen-bond donors (Lipinski definition) is 1. The number of aliphatic hydroxyl groups is 1. The van der Waals surface area contributed by atoms with Gasteiger partial charge >= 0.3 is 0 Å². The van der Waals surface area contributed by atoms with Crippen LogP contribution in [0.1, 0.15) is 24.0 Å². The van der Waals surface area contributed by atoms with Crippen molar-refractivity contribution >= 4 is 21.6 Å². The van der Waals surface area contributed by atoms with Gasteiger partial charge in [-0.3, -0.25) is 0 Å². The van der Waals surface area contributed by atoms with E-state index in [9.17, 15) is 5.11 Å². The molecule has 0 saturated carbocycles. The monoisotopic (exact) mass is 331 g/mol. The Kier molecular flexibility index (Phi) is 3.36. The first kappa shape index (κ1) is 13.3. The lowest BCUT2D eigenvalue weighted by molar-refractivity contribution is -0.179. The topological polar surface area (TPSA) is 41.8 Å². The summed E-state index contributed by atoms with van der Waals surface area (Å²) < 4.78 is 1.00. The van der Waals surface area contributed by atoms with Gasteiger partial charge in [-0.05, 0) is 17.7 Å². The molecule has 0 amide bonds. The van der Waals surface area contributed by atoms with E-state index in [1.807, 2.05) is 54.6 Å². The van der Waals surface area contributed by atoms with Gasteiger partial charge in [0, 0.05) is 17.0 Å². The van der Waals surface area contributed by atoms with Crippen molar-refractivity contribution in [3.8, 4) is 0 Å². The Morgan fingerprint density at radius 3 is 2.40 bits per heavy atom. The molecule has 0 bridgehead atoms. The highest BCUT2D eigenvalue weighted by atomic mass is 79.9. The van der Waals surface area contributed by atoms with Crippen molar-refractivity contribution in [3.05, 3.63) is 70.2 Å². The summed E-state index contributed by atoms with van der Waals surface area (Å²) in [6.07, 6.45) is 0. The second-order valence-corrected chi connectivity index (χ2v) is 5.89. The highest BCUT2D eigenvalue weighted by molar-refractivity contribution is 9.10. The Balaban J connectivity index is 2.04. The van der Waals surface area contributed by atoms with Crippen LogP contribution in [-0.2, 0) is 4.84 Å². The fraction of sp³-hybridized carbons (Fsp3) is 0.188. The average molecular weight is 332 g/mol. The van der Waals surface area contributed by atoms with Crippen molar-refractivity contribution < 1.29 is 9.94 Å². The third-order valence-corrected chi connectivity index (χ3v) is 3.94. The molecule has 0 aliphatic carbocycles. The lowest BCUT2D eigenvalue weighted by Crippen LogP contribution is -2.33. The van der Waals surface area contributed by atoms with Crippen LogP contribution >= 0.6 is 15.9 Å². The minimum absolute atomic E-state index is 0.301. The van der Waals surface area contributed by atoms with Crippen molar-refractivity contribution in [1.82, 2.24) is 0 Å². The highest BCUT2D eigenvalue weighted by Gasteiger charge is 2.45. The second kappa shape index (κ2) is 5.04. The molecular formula is C16H14BrNO2. The van der Waals surface area contributed by atoms with Gasteiger partial charge in [-0.1, -0.05) is 63.6 Å². The van der Waals surface area contributed by atoms with Crippen molar-refractivity contribution in [3.63, 3.8) is 0 Å². The highest BCUT2D eigenvalue weighted by Crippen LogP contribution is 2.38. The summed E-state index contributed by atoms with van der Waals surface area (Å²) >= 11 is 3.42. The molecule has 102 valence electrons. The zero-order valence-electron chi connectivity index (χ0n) is 11.0. The quantitative estimate of drug-likeness (QED) is 0.912. The van der Waals surface area contributed by atoms with Gasteiger partial charge in [0.25, 0.3) is 0 Å². The molecule has 0 radical (unpaired) electrons. The molecule has 2 unspecified atom stereocenters. The summed E-state index contributed by atoms with van der Waals surface area (Å²) in [5.41, 5.74) is 2.67. The first-order valence-electron chi connectivity index (χ1n) is 6.37. The van der Waals surface area contributed by atoms with Crippen LogP contribution in [0.15, 0.2) is 64.2 Å². The molecule has 0 saturated heterocycles. The Morgan fingerprint density at radius 2 is 1.75 bits per heavy atom. The fourth-order valence-corrected chi connectivity index (χ4v) is 2.72. The number of nitrogens with zero attached hydrogens (tertiary/aromatic N) is 1. The maximum atomic E-state index is 10.4. The SMILES string of the molecule is CC1(O)ON=C(c2ccc(Br)cc2)C1c1ccccc1. The van der Waals surface area contributed by atoms with E-state index < -0.39 is 5.79 Å². The van der Waals surface area contributed by atoms with Crippen LogP contribution in [-0.4, -0.2) is 16.6 Å². The zero-order chi connectivity index (χ0) is 14.2. The standard InChI is InChI=1S/C16H14BrNO2/c1-16(19)14(11-5-3-2-4-6-11)15(18-20-16)12-7-9-13(17)10-8-12/h2-10,14,19H,1H3. The molecule has 20 heavy (non-hydrogen) atoms. The van der Waals surface area contributed by atoms with Crippen LogP contribution in [0.5, 0.6) is 0 Å². The van der Waals surface area contributed by atoms with Gasteiger partial charge in [0.1, 0.15) is 5.71 Å². The van der Waals surface area contributed by atoms with E-state index in [1.54, 1.807) is 6.92 Å². The summed E-state index contributed by atoms with van der Waals surface area (Å²) in [4.78, 5) is 5.24. The van der Waals surface area contributed by atoms with E-state index >= 15 is 0 Å². The van der Waals surface area contributed by atoms with Crippen LogP contribution < -0.4 is 0 Å². The zero-order valence-corrected chi connectivity index (χ0v) is 12.5. The minimum atomic E-state index is -1.33. The summed E-state index contributed by atoms with van der Waals surface area (Å²) in [7, 11) is 0. The number of oxime groups is 1. The van der Waals surface area contributed by atoms with Crippen LogP contribution in [0.3, 0.4) is 0 Å². The van der Waals surface area contributed by atoms with E-state index in [0.717, 1.165) is 21.3 Å². The van der Waals surface area contributed by atoms with Crippen molar-refractivity contribution in [2.75, 3.05) is 0 Å². The number of benzene rings is 2. The maximum absolute atomic E-state index is 10.4. The molecule has 1 aliphatic rings. The molecule has 1 heterocycles. The van der Waals surface area contributed by atoms with Gasteiger partial charge in [-0.25, -0.2) is 0 Å². The van der Waals surface area contributed by atoms with Crippen LogP contribution in [0.2, 0.25) is 0 Å². The van der Waals surface area contributed by atoms with E-state index in [4.69, 9.17) is 4.84 Å². The van der Waals surface area contributed by atoms with E-state index in [0.29, 0.717) is 0 Å². The van der Waals surface area contributed by atoms with Gasteiger partial charge in [-0.15, -0.1) is 0 Å². The number of hydrogen-bond acceptors (Lipinski definition) is 3. The molecule has 2 atom stereocenters. The lowest BCUT2D eigenvalue weighted by atomic mass is 9.85. The Bertz CT molecular complexity index is 635. The van der Waals surface area contributed by atoms with Crippen LogP contribution in [0.4, 0.5) is 0 Å². The van der Waals surface area contributed by atoms with E-state index in [2.05, 4.69) is 21.1 Å². The molecule has 2 aromatic carbocycles. The lowest BCUT2D eigenvalue weighted by Gasteiger charge is -2.24. The molecule has 2 aromatic rings. The first-order chi connectivity index (χ1) is 9.58. The van der Waals surface area contributed by atoms with Crippen molar-refractivity contribution in [2.24, 2.45) is 5.16 Å². The van der Waals surface area contributed by atoms with Crippen LogP contribution in [0.25, 0.3) is 0 Å². The first-order valence-corrected chi connectivity index (χ1v) is 7.16. The summed E-state index contributed by atoms with van der Waals surface area (Å²) in [6.45, 7) is 1.64. The number of rotatable bonds is 2. The van der Waals surface area contributed by atoms with E-state index in [1.165, 1.54) is 0 Å². The predicted octanol–water partition coefficient (Wildman–Crippen LogP) is 3.68. The molecule has 3 rings (SSSR count). The maximum Gasteiger partial charge on any atom is 0.244 e. The smallest absolute Gasteiger partial charge is 0.244 e. The Labute approximate surface area is 126 Å². The Morgan fingerprint density at radius 1 is 1.10 bits per heavy atom. The Hall–Kier alpha value is -1.65. The molecule has 0 fully saturated rings. The number of halogens is 1. The molecule has 4 heteroatoms. The van der Waals surface area contributed by atoms with Crippen LogP contribution in [0, 0.1) is 0 Å². The molecule has 0 spiro atoms. The summed E-state index contributed by atoms with van der Waals surface area (Å²) in [5.74, 6) is -1.63. The second-order valence-electron chi connectivity index (χ2n) is 4.97. The molecule has 1 N–H and O–H groups in total. The minimum Gasteiger partial charge on any atom is -0.359 e. The van der Waals surface area contributed by atoms with Gasteiger partial charge in [-0.2, -0.15) is 0 Å². The molecular weight excluding hydrogens is 318 g/mol. The van der Waals surface area contributed by atoms with Crippen molar-refractivity contribution in [1.29, 1.82) is 0 Å². The largest absolute Gasteiger partial charge is 0.359 e. The molecule has 3 nitrogen and oxygen atoms in total. The fourth-order valence-electron chi connectivity index (χ4n) is 2.45. The summed E-state index contributed by atoms with van der Waals surface area (Å²) in [6, 6.07) is 17.6. The third kappa shape index (κ3) is 2.37. The van der Waals surface area contributed by atoms with Gasteiger partial charge in [0.2, 0.25) is 5.79 Å². The third-order valence-electron chi connectivity index (χ3n) is 3.41. The summed E-state index contributed by atoms with van der Waals surface area (Å²) in [5, 5.41) is 14.5. The van der Waals surface area contributed by atoms with Gasteiger partial charge in [0.15, 0.2) is 0 Å². The normalized spacial score (nSPS) is 25.1. The van der Waals surface area contributed by atoms with E-state index in [-0.39, 0.29) is 5.92 Å². The molecule has 0 aromatic heterocycles. The van der Waals surface area contributed by atoms with Gasteiger partial charge < -0.3 is 9.94 Å². The van der Waals surface area contributed by atoms with Gasteiger partial charge in [0.05, 0.1) is 5.92 Å².